The molecule has 0 bridgehead atoms. The van der Waals surface area contributed by atoms with Crippen LogP contribution in [-0.2, 0) is 0 Å². The summed E-state index contributed by atoms with van der Waals surface area (Å²) < 4.78 is 13.6. The van der Waals surface area contributed by atoms with E-state index in [-0.39, 0.29) is 17.4 Å². The first-order valence-corrected chi connectivity index (χ1v) is 7.25. The van der Waals surface area contributed by atoms with Crippen LogP contribution >= 0.6 is 0 Å². The lowest BCUT2D eigenvalue weighted by atomic mass is 9.83. The van der Waals surface area contributed by atoms with Gasteiger partial charge in [0.25, 0.3) is 0 Å². The average molecular weight is 264 g/mol. The van der Waals surface area contributed by atoms with Gasteiger partial charge in [0.05, 0.1) is 0 Å². The molecule has 1 aromatic rings. The second-order valence-corrected chi connectivity index (χ2v) is 5.94. The Morgan fingerprint density at radius 2 is 1.95 bits per heavy atom. The molecule has 1 saturated heterocycles. The summed E-state index contributed by atoms with van der Waals surface area (Å²) in [4.78, 5) is 2.47. The fourth-order valence-electron chi connectivity index (χ4n) is 3.17. The lowest BCUT2D eigenvalue weighted by Crippen LogP contribution is -2.51. The second kappa shape index (κ2) is 5.59. The Balaban J connectivity index is 2.31. The zero-order chi connectivity index (χ0) is 14.0. The Bertz CT molecular complexity index is 420. The number of nitrogens with zero attached hydrogens (tertiary/aromatic N) is 1. The van der Waals surface area contributed by atoms with E-state index in [0.717, 1.165) is 30.6 Å². The van der Waals surface area contributed by atoms with E-state index in [1.54, 1.807) is 12.1 Å². The van der Waals surface area contributed by atoms with Gasteiger partial charge in [-0.1, -0.05) is 13.0 Å². The van der Waals surface area contributed by atoms with Crippen molar-refractivity contribution < 1.29 is 4.39 Å². The lowest BCUT2D eigenvalue weighted by Gasteiger charge is -2.43. The average Bonchev–Trinajstić information content (AvgIpc) is 2.90. The van der Waals surface area contributed by atoms with Crippen molar-refractivity contribution in [2.75, 3.05) is 13.1 Å². The predicted octanol–water partition coefficient (Wildman–Crippen LogP) is 3.40. The van der Waals surface area contributed by atoms with Crippen LogP contribution in [0.4, 0.5) is 4.39 Å². The van der Waals surface area contributed by atoms with Crippen LogP contribution in [0, 0.1) is 12.7 Å². The molecule has 0 spiro atoms. The maximum atomic E-state index is 13.6. The summed E-state index contributed by atoms with van der Waals surface area (Å²) in [6, 6.07) is 5.00. The fourth-order valence-corrected chi connectivity index (χ4v) is 3.17. The van der Waals surface area contributed by atoms with Crippen molar-refractivity contribution in [3.63, 3.8) is 0 Å². The molecule has 106 valence electrons. The molecule has 3 heteroatoms. The maximum absolute atomic E-state index is 13.6. The van der Waals surface area contributed by atoms with Crippen molar-refractivity contribution in [3.05, 3.63) is 35.1 Å². The number of hydrogen-bond acceptors (Lipinski definition) is 2. The smallest absolute Gasteiger partial charge is 0.123 e. The highest BCUT2D eigenvalue weighted by Crippen LogP contribution is 2.35. The zero-order valence-electron chi connectivity index (χ0n) is 12.2. The third-order valence-corrected chi connectivity index (χ3v) is 4.64. The van der Waals surface area contributed by atoms with Crippen LogP contribution < -0.4 is 5.73 Å². The van der Waals surface area contributed by atoms with Crippen molar-refractivity contribution in [1.82, 2.24) is 4.90 Å². The molecular formula is C16H25FN2. The van der Waals surface area contributed by atoms with Gasteiger partial charge >= 0.3 is 0 Å². The van der Waals surface area contributed by atoms with Crippen LogP contribution in [0.1, 0.15) is 50.3 Å². The fraction of sp³-hybridized carbons (Fsp3) is 0.625. The standard InChI is InChI=1S/C16H25FN2/c1-4-16(3,19-7-5-6-8-19)15(18)13-9-12(2)10-14(17)11-13/h9-11,15H,4-8,18H2,1-3H3. The largest absolute Gasteiger partial charge is 0.322 e. The molecule has 1 heterocycles. The van der Waals surface area contributed by atoms with E-state index in [2.05, 4.69) is 18.7 Å². The van der Waals surface area contributed by atoms with Crippen LogP contribution in [-0.4, -0.2) is 23.5 Å². The van der Waals surface area contributed by atoms with Crippen molar-refractivity contribution >= 4 is 0 Å². The van der Waals surface area contributed by atoms with E-state index in [9.17, 15) is 4.39 Å². The molecule has 1 aromatic carbocycles. The van der Waals surface area contributed by atoms with Gasteiger partial charge in [0.1, 0.15) is 5.82 Å². The lowest BCUT2D eigenvalue weighted by molar-refractivity contribution is 0.0999. The van der Waals surface area contributed by atoms with Crippen LogP contribution in [0.2, 0.25) is 0 Å². The van der Waals surface area contributed by atoms with Gasteiger partial charge < -0.3 is 5.73 Å². The number of hydrogen-bond donors (Lipinski definition) is 1. The Labute approximate surface area is 115 Å². The van der Waals surface area contributed by atoms with E-state index in [1.807, 2.05) is 13.0 Å². The number of benzene rings is 1. The molecule has 2 atom stereocenters. The highest BCUT2D eigenvalue weighted by Gasteiger charge is 2.38. The van der Waals surface area contributed by atoms with Crippen LogP contribution in [0.5, 0.6) is 0 Å². The number of aryl methyl sites for hydroxylation is 1. The molecule has 0 amide bonds. The highest BCUT2D eigenvalue weighted by molar-refractivity contribution is 5.28. The molecule has 0 radical (unpaired) electrons. The first-order valence-electron chi connectivity index (χ1n) is 7.25. The van der Waals surface area contributed by atoms with Crippen LogP contribution in [0.15, 0.2) is 18.2 Å². The van der Waals surface area contributed by atoms with Gasteiger partial charge in [0, 0.05) is 11.6 Å². The molecule has 0 saturated carbocycles. The molecule has 1 aliphatic rings. The van der Waals surface area contributed by atoms with E-state index in [4.69, 9.17) is 5.73 Å². The summed E-state index contributed by atoms with van der Waals surface area (Å²) in [5.74, 6) is -0.190. The van der Waals surface area contributed by atoms with E-state index >= 15 is 0 Å². The topological polar surface area (TPSA) is 29.3 Å². The van der Waals surface area contributed by atoms with E-state index in [0.29, 0.717) is 0 Å². The number of nitrogens with two attached hydrogens (primary N) is 1. The van der Waals surface area contributed by atoms with Gasteiger partial charge in [-0.15, -0.1) is 0 Å². The van der Waals surface area contributed by atoms with Gasteiger partial charge in [-0.25, -0.2) is 4.39 Å². The van der Waals surface area contributed by atoms with Gasteiger partial charge in [-0.2, -0.15) is 0 Å². The minimum atomic E-state index is -0.190. The molecule has 2 N–H and O–H groups in total. The van der Waals surface area contributed by atoms with E-state index in [1.165, 1.54) is 12.8 Å². The summed E-state index contributed by atoms with van der Waals surface area (Å²) in [5.41, 5.74) is 8.25. The first kappa shape index (κ1) is 14.5. The highest BCUT2D eigenvalue weighted by atomic mass is 19.1. The normalized spacial score (nSPS) is 21.3. The third-order valence-electron chi connectivity index (χ3n) is 4.64. The predicted molar refractivity (Wildman–Crippen MR) is 77.6 cm³/mol. The maximum Gasteiger partial charge on any atom is 0.123 e. The van der Waals surface area contributed by atoms with Gasteiger partial charge in [0.15, 0.2) is 0 Å². The summed E-state index contributed by atoms with van der Waals surface area (Å²) >= 11 is 0. The molecular weight excluding hydrogens is 239 g/mol. The number of rotatable bonds is 4. The Morgan fingerprint density at radius 1 is 1.32 bits per heavy atom. The number of halogens is 1. The molecule has 0 aliphatic carbocycles. The third kappa shape index (κ3) is 2.82. The van der Waals surface area contributed by atoms with Crippen LogP contribution in [0.3, 0.4) is 0 Å². The van der Waals surface area contributed by atoms with Crippen LogP contribution in [0.25, 0.3) is 0 Å². The van der Waals surface area contributed by atoms with E-state index < -0.39 is 0 Å². The Morgan fingerprint density at radius 3 is 2.47 bits per heavy atom. The molecule has 1 aliphatic heterocycles. The van der Waals surface area contributed by atoms with Gasteiger partial charge in [0.2, 0.25) is 0 Å². The number of likely N-dealkylation sites (tertiary alicyclic amines) is 1. The Hall–Kier alpha value is -0.930. The van der Waals surface area contributed by atoms with Crippen molar-refractivity contribution in [3.8, 4) is 0 Å². The summed E-state index contributed by atoms with van der Waals surface area (Å²) in [6.45, 7) is 8.50. The zero-order valence-corrected chi connectivity index (χ0v) is 12.2. The molecule has 1 fully saturated rings. The quantitative estimate of drug-likeness (QED) is 0.903. The monoisotopic (exact) mass is 264 g/mol. The van der Waals surface area contributed by atoms with Gasteiger partial charge in [-0.05, 0) is 69.5 Å². The minimum absolute atomic E-state index is 0.0866. The SMILES string of the molecule is CCC(C)(C(N)c1cc(C)cc(F)c1)N1CCCC1. The Kier molecular flexibility index (Phi) is 4.26. The van der Waals surface area contributed by atoms with Crippen molar-refractivity contribution in [2.45, 2.75) is 51.6 Å². The summed E-state index contributed by atoms with van der Waals surface area (Å²) in [7, 11) is 0. The molecule has 2 nitrogen and oxygen atoms in total. The summed E-state index contributed by atoms with van der Waals surface area (Å²) in [6.07, 6.45) is 3.46. The summed E-state index contributed by atoms with van der Waals surface area (Å²) in [5, 5.41) is 0. The minimum Gasteiger partial charge on any atom is -0.322 e. The van der Waals surface area contributed by atoms with Gasteiger partial charge in [-0.3, -0.25) is 4.90 Å². The molecule has 0 aromatic heterocycles. The molecule has 2 unspecified atom stereocenters. The molecule has 19 heavy (non-hydrogen) atoms. The first-order chi connectivity index (χ1) is 8.97. The van der Waals surface area contributed by atoms with Crippen molar-refractivity contribution in [2.24, 2.45) is 5.73 Å². The second-order valence-electron chi connectivity index (χ2n) is 5.94. The molecule has 2 rings (SSSR count). The van der Waals surface area contributed by atoms with Crippen molar-refractivity contribution in [1.29, 1.82) is 0 Å².